The van der Waals surface area contributed by atoms with Crippen LogP contribution in [-0.2, 0) is 19.6 Å². The Bertz CT molecular complexity index is 542. The minimum absolute atomic E-state index is 0.152. The predicted octanol–water partition coefficient (Wildman–Crippen LogP) is 0.976. The normalized spacial score (nSPS) is 11.3. The molecule has 0 bridgehead atoms. The van der Waals surface area contributed by atoms with E-state index in [4.69, 9.17) is 0 Å². The Balaban J connectivity index is 2.87. The summed E-state index contributed by atoms with van der Waals surface area (Å²) in [5.74, 6) is -1.58. The van der Waals surface area contributed by atoms with Crippen molar-refractivity contribution in [2.24, 2.45) is 0 Å². The van der Waals surface area contributed by atoms with Crippen LogP contribution in [0.4, 0.5) is 4.39 Å². The van der Waals surface area contributed by atoms with Crippen LogP contribution in [0.25, 0.3) is 0 Å². The number of aryl methyl sites for hydroxylation is 1. The lowest BCUT2D eigenvalue weighted by Gasteiger charge is -2.08. The summed E-state index contributed by atoms with van der Waals surface area (Å²) in [6.45, 7) is 2.87. The van der Waals surface area contributed by atoms with Gasteiger partial charge < -0.3 is 4.74 Å². The SMILES string of the molecule is CCOC(=O)CNS(=O)(=O)c1cc(C)ccc1F. The van der Waals surface area contributed by atoms with Crippen molar-refractivity contribution in [1.29, 1.82) is 0 Å². The van der Waals surface area contributed by atoms with Gasteiger partial charge in [0.05, 0.1) is 6.61 Å². The highest BCUT2D eigenvalue weighted by molar-refractivity contribution is 7.89. The maximum absolute atomic E-state index is 13.4. The summed E-state index contributed by atoms with van der Waals surface area (Å²) in [5, 5.41) is 0. The van der Waals surface area contributed by atoms with E-state index in [0.29, 0.717) is 5.56 Å². The topological polar surface area (TPSA) is 72.5 Å². The van der Waals surface area contributed by atoms with Crippen LogP contribution in [0.3, 0.4) is 0 Å². The zero-order valence-corrected chi connectivity index (χ0v) is 10.9. The average molecular weight is 275 g/mol. The summed E-state index contributed by atoms with van der Waals surface area (Å²) in [6, 6.07) is 3.72. The molecule has 0 aromatic heterocycles. The molecule has 0 aliphatic rings. The maximum atomic E-state index is 13.4. The van der Waals surface area contributed by atoms with Gasteiger partial charge in [0.1, 0.15) is 17.3 Å². The van der Waals surface area contributed by atoms with Gasteiger partial charge in [-0.05, 0) is 31.5 Å². The van der Waals surface area contributed by atoms with E-state index >= 15 is 0 Å². The number of esters is 1. The number of carbonyl (C=O) groups excluding carboxylic acids is 1. The van der Waals surface area contributed by atoms with Crippen LogP contribution in [0.5, 0.6) is 0 Å². The molecule has 100 valence electrons. The van der Waals surface area contributed by atoms with E-state index in [9.17, 15) is 17.6 Å². The Labute approximate surface area is 105 Å². The maximum Gasteiger partial charge on any atom is 0.321 e. The minimum Gasteiger partial charge on any atom is -0.465 e. The van der Waals surface area contributed by atoms with E-state index in [1.165, 1.54) is 12.1 Å². The standard InChI is InChI=1S/C11H14FNO4S/c1-3-17-11(14)7-13-18(15,16)10-6-8(2)4-5-9(10)12/h4-6,13H,3,7H2,1-2H3. The van der Waals surface area contributed by atoms with Crippen LogP contribution in [0.15, 0.2) is 23.1 Å². The van der Waals surface area contributed by atoms with Gasteiger partial charge >= 0.3 is 5.97 Å². The third-order valence-corrected chi connectivity index (χ3v) is 3.50. The fourth-order valence-corrected chi connectivity index (χ4v) is 2.39. The first kappa shape index (κ1) is 14.6. The zero-order chi connectivity index (χ0) is 13.8. The molecule has 0 radical (unpaired) electrons. The van der Waals surface area contributed by atoms with Gasteiger partial charge in [-0.2, -0.15) is 4.72 Å². The summed E-state index contributed by atoms with van der Waals surface area (Å²) >= 11 is 0. The molecule has 0 saturated carbocycles. The lowest BCUT2D eigenvalue weighted by molar-refractivity contribution is -0.141. The van der Waals surface area contributed by atoms with Crippen LogP contribution in [0.2, 0.25) is 0 Å². The second-order valence-corrected chi connectivity index (χ2v) is 5.30. The summed E-state index contributed by atoms with van der Waals surface area (Å²) in [4.78, 5) is 10.6. The Hall–Kier alpha value is -1.47. The van der Waals surface area contributed by atoms with E-state index in [2.05, 4.69) is 4.74 Å². The number of halogens is 1. The van der Waals surface area contributed by atoms with Crippen molar-refractivity contribution >= 4 is 16.0 Å². The minimum atomic E-state index is -4.05. The first-order chi connectivity index (χ1) is 8.36. The van der Waals surface area contributed by atoms with Gasteiger partial charge in [0, 0.05) is 0 Å². The number of sulfonamides is 1. The van der Waals surface area contributed by atoms with Crippen LogP contribution in [-0.4, -0.2) is 27.5 Å². The molecule has 0 heterocycles. The van der Waals surface area contributed by atoms with Crippen LogP contribution in [0.1, 0.15) is 12.5 Å². The monoisotopic (exact) mass is 275 g/mol. The molecule has 18 heavy (non-hydrogen) atoms. The molecule has 0 aliphatic heterocycles. The van der Waals surface area contributed by atoms with Crippen LogP contribution in [0, 0.1) is 12.7 Å². The second kappa shape index (κ2) is 5.92. The smallest absolute Gasteiger partial charge is 0.321 e. The molecule has 1 rings (SSSR count). The number of carbonyl (C=O) groups is 1. The van der Waals surface area contributed by atoms with Crippen LogP contribution >= 0.6 is 0 Å². The summed E-state index contributed by atoms with van der Waals surface area (Å²) in [5.41, 5.74) is 0.605. The molecule has 1 aromatic carbocycles. The van der Waals surface area contributed by atoms with Crippen molar-refractivity contribution in [3.63, 3.8) is 0 Å². The van der Waals surface area contributed by atoms with Gasteiger partial charge in [-0.15, -0.1) is 0 Å². The van der Waals surface area contributed by atoms with E-state index < -0.39 is 33.3 Å². The van der Waals surface area contributed by atoms with Crippen molar-refractivity contribution in [3.8, 4) is 0 Å². The highest BCUT2D eigenvalue weighted by atomic mass is 32.2. The quantitative estimate of drug-likeness (QED) is 0.813. The highest BCUT2D eigenvalue weighted by Gasteiger charge is 2.20. The average Bonchev–Trinajstić information content (AvgIpc) is 2.30. The number of hydrogen-bond acceptors (Lipinski definition) is 4. The fourth-order valence-electron chi connectivity index (χ4n) is 1.26. The molecule has 0 amide bonds. The van der Waals surface area contributed by atoms with E-state index in [1.54, 1.807) is 13.8 Å². The number of hydrogen-bond donors (Lipinski definition) is 1. The molecule has 7 heteroatoms. The van der Waals surface area contributed by atoms with Crippen molar-refractivity contribution < 1.29 is 22.3 Å². The number of nitrogens with one attached hydrogen (secondary N) is 1. The molecule has 0 saturated heterocycles. The van der Waals surface area contributed by atoms with Crippen molar-refractivity contribution in [2.45, 2.75) is 18.7 Å². The Morgan fingerprint density at radius 1 is 1.44 bits per heavy atom. The van der Waals surface area contributed by atoms with Crippen molar-refractivity contribution in [2.75, 3.05) is 13.2 Å². The first-order valence-corrected chi connectivity index (χ1v) is 6.76. The van der Waals surface area contributed by atoms with Crippen molar-refractivity contribution in [1.82, 2.24) is 4.72 Å². The van der Waals surface area contributed by atoms with Gasteiger partial charge in [0.2, 0.25) is 10.0 Å². The summed E-state index contributed by atoms with van der Waals surface area (Å²) < 4.78 is 43.5. The van der Waals surface area contributed by atoms with Crippen molar-refractivity contribution in [3.05, 3.63) is 29.6 Å². The third kappa shape index (κ3) is 3.78. The number of ether oxygens (including phenoxy) is 1. The molecule has 0 spiro atoms. The number of benzene rings is 1. The molecule has 0 unspecified atom stereocenters. The molecule has 0 aliphatic carbocycles. The molecular weight excluding hydrogens is 261 g/mol. The molecular formula is C11H14FNO4S. The van der Waals surface area contributed by atoms with Gasteiger partial charge in [-0.1, -0.05) is 6.07 Å². The zero-order valence-electron chi connectivity index (χ0n) is 10.1. The molecule has 0 atom stereocenters. The van der Waals surface area contributed by atoms with Gasteiger partial charge in [0.25, 0.3) is 0 Å². The fraction of sp³-hybridized carbons (Fsp3) is 0.364. The molecule has 0 fully saturated rings. The van der Waals surface area contributed by atoms with E-state index in [0.717, 1.165) is 6.07 Å². The van der Waals surface area contributed by atoms with Crippen LogP contribution < -0.4 is 4.72 Å². The van der Waals surface area contributed by atoms with Gasteiger partial charge in [-0.3, -0.25) is 4.79 Å². The first-order valence-electron chi connectivity index (χ1n) is 5.28. The second-order valence-electron chi connectivity index (χ2n) is 3.56. The Morgan fingerprint density at radius 3 is 2.72 bits per heavy atom. The number of rotatable bonds is 5. The summed E-state index contributed by atoms with van der Waals surface area (Å²) in [6.07, 6.45) is 0. The largest absolute Gasteiger partial charge is 0.465 e. The highest BCUT2D eigenvalue weighted by Crippen LogP contribution is 2.15. The molecule has 5 nitrogen and oxygen atoms in total. The Kier molecular flexibility index (Phi) is 4.80. The van der Waals surface area contributed by atoms with E-state index in [1.807, 2.05) is 4.72 Å². The predicted molar refractivity (Wildman–Crippen MR) is 63.0 cm³/mol. The lowest BCUT2D eigenvalue weighted by Crippen LogP contribution is -2.31. The third-order valence-electron chi connectivity index (χ3n) is 2.09. The lowest BCUT2D eigenvalue weighted by atomic mass is 10.2. The van der Waals surface area contributed by atoms with Gasteiger partial charge in [-0.25, -0.2) is 12.8 Å². The van der Waals surface area contributed by atoms with Gasteiger partial charge in [0.15, 0.2) is 0 Å². The molecule has 1 aromatic rings. The Morgan fingerprint density at radius 2 is 2.11 bits per heavy atom. The van der Waals surface area contributed by atoms with E-state index in [-0.39, 0.29) is 6.61 Å². The molecule has 1 N–H and O–H groups in total. The summed E-state index contributed by atoms with van der Waals surface area (Å²) in [7, 11) is -4.05.